The van der Waals surface area contributed by atoms with E-state index in [4.69, 9.17) is 9.26 Å². The molecule has 7 nitrogen and oxygen atoms in total. The van der Waals surface area contributed by atoms with Crippen LogP contribution in [0.2, 0.25) is 0 Å². The molecule has 0 aliphatic rings. The molecule has 2 heterocycles. The van der Waals surface area contributed by atoms with Crippen LogP contribution < -0.4 is 0 Å². The van der Waals surface area contributed by atoms with Gasteiger partial charge in [-0.05, 0) is 29.5 Å². The lowest BCUT2D eigenvalue weighted by atomic mass is 10.1. The predicted octanol–water partition coefficient (Wildman–Crippen LogP) is 3.24. The molecule has 0 spiro atoms. The van der Waals surface area contributed by atoms with Crippen molar-refractivity contribution in [3.05, 3.63) is 58.1 Å². The average molecular weight is 399 g/mol. The molecular weight excluding hydrogens is 378 g/mol. The summed E-state index contributed by atoms with van der Waals surface area (Å²) in [5.41, 5.74) is 2.93. The van der Waals surface area contributed by atoms with E-state index in [-0.39, 0.29) is 18.9 Å². The maximum Gasteiger partial charge on any atom is 0.325 e. The number of nitrogens with zero attached hydrogens (tertiary/aromatic N) is 3. The number of esters is 1. The van der Waals surface area contributed by atoms with Crippen molar-refractivity contribution in [3.8, 4) is 11.4 Å². The number of ether oxygens (including phenoxy) is 1. The van der Waals surface area contributed by atoms with Gasteiger partial charge < -0.3 is 14.2 Å². The molecule has 0 radical (unpaired) electrons. The molecule has 0 aliphatic carbocycles. The minimum absolute atomic E-state index is 0.104. The number of carbonyl (C=O) groups is 2. The first-order chi connectivity index (χ1) is 13.6. The fourth-order valence-electron chi connectivity index (χ4n) is 2.68. The van der Waals surface area contributed by atoms with E-state index in [1.54, 1.807) is 11.3 Å². The van der Waals surface area contributed by atoms with Gasteiger partial charge in [-0.25, -0.2) is 0 Å². The van der Waals surface area contributed by atoms with Crippen molar-refractivity contribution in [2.24, 2.45) is 0 Å². The zero-order chi connectivity index (χ0) is 19.9. The van der Waals surface area contributed by atoms with E-state index in [0.717, 1.165) is 16.7 Å². The summed E-state index contributed by atoms with van der Waals surface area (Å²) in [7, 11) is 1.31. The third kappa shape index (κ3) is 5.04. The van der Waals surface area contributed by atoms with E-state index in [0.29, 0.717) is 24.7 Å². The van der Waals surface area contributed by atoms with Crippen molar-refractivity contribution in [2.45, 2.75) is 26.3 Å². The van der Waals surface area contributed by atoms with Gasteiger partial charge in [-0.15, -0.1) is 0 Å². The number of benzene rings is 1. The molecule has 0 unspecified atom stereocenters. The van der Waals surface area contributed by atoms with Gasteiger partial charge in [0.1, 0.15) is 6.54 Å². The Kier molecular flexibility index (Phi) is 6.54. The zero-order valence-corrected chi connectivity index (χ0v) is 16.6. The molecule has 0 N–H and O–H groups in total. The van der Waals surface area contributed by atoms with Crippen molar-refractivity contribution >= 4 is 23.2 Å². The molecular formula is C20H21N3O4S. The fourth-order valence-corrected chi connectivity index (χ4v) is 3.32. The first kappa shape index (κ1) is 19.8. The number of aromatic nitrogens is 2. The highest BCUT2D eigenvalue weighted by Crippen LogP contribution is 2.19. The second-order valence-electron chi connectivity index (χ2n) is 6.28. The molecule has 1 amide bonds. The first-order valence-corrected chi connectivity index (χ1v) is 9.75. The number of thiophene rings is 1. The van der Waals surface area contributed by atoms with Crippen LogP contribution in [0.3, 0.4) is 0 Å². The maximum absolute atomic E-state index is 12.7. The Morgan fingerprint density at radius 2 is 2.07 bits per heavy atom. The van der Waals surface area contributed by atoms with E-state index >= 15 is 0 Å². The summed E-state index contributed by atoms with van der Waals surface area (Å²) in [4.78, 5) is 30.3. The van der Waals surface area contributed by atoms with Crippen LogP contribution in [-0.4, -0.2) is 40.6 Å². The molecule has 3 rings (SSSR count). The SMILES string of the molecule is COC(=O)CN(Cc1ccccc1C)C(=O)CCc1nc(-c2ccsc2)no1. The molecule has 0 saturated carbocycles. The van der Waals surface area contributed by atoms with Gasteiger partial charge in [-0.2, -0.15) is 16.3 Å². The summed E-state index contributed by atoms with van der Waals surface area (Å²) >= 11 is 1.55. The van der Waals surface area contributed by atoms with Crippen molar-refractivity contribution < 1.29 is 18.8 Å². The summed E-state index contributed by atoms with van der Waals surface area (Å²) < 4.78 is 9.97. The zero-order valence-electron chi connectivity index (χ0n) is 15.8. The lowest BCUT2D eigenvalue weighted by Gasteiger charge is -2.22. The quantitative estimate of drug-likeness (QED) is 0.541. The van der Waals surface area contributed by atoms with E-state index in [9.17, 15) is 9.59 Å². The Hall–Kier alpha value is -3.00. The molecule has 0 fully saturated rings. The van der Waals surface area contributed by atoms with Gasteiger partial charge in [0, 0.05) is 30.3 Å². The van der Waals surface area contributed by atoms with Gasteiger partial charge >= 0.3 is 5.97 Å². The second-order valence-corrected chi connectivity index (χ2v) is 7.06. The van der Waals surface area contributed by atoms with Gasteiger partial charge in [0.05, 0.1) is 7.11 Å². The molecule has 0 saturated heterocycles. The summed E-state index contributed by atoms with van der Waals surface area (Å²) in [6, 6.07) is 9.67. The third-order valence-electron chi connectivity index (χ3n) is 4.32. The van der Waals surface area contributed by atoms with E-state index in [1.165, 1.54) is 12.0 Å². The highest BCUT2D eigenvalue weighted by Gasteiger charge is 2.20. The minimum Gasteiger partial charge on any atom is -0.468 e. The van der Waals surface area contributed by atoms with E-state index in [2.05, 4.69) is 10.1 Å². The van der Waals surface area contributed by atoms with Crippen LogP contribution in [0, 0.1) is 6.92 Å². The van der Waals surface area contributed by atoms with Crippen LogP contribution in [0.15, 0.2) is 45.6 Å². The number of amides is 1. The monoisotopic (exact) mass is 399 g/mol. The summed E-state index contributed by atoms with van der Waals surface area (Å²) in [5.74, 6) is 0.266. The van der Waals surface area contributed by atoms with Crippen LogP contribution in [0.25, 0.3) is 11.4 Å². The van der Waals surface area contributed by atoms with Crippen LogP contribution >= 0.6 is 11.3 Å². The average Bonchev–Trinajstić information content (AvgIpc) is 3.38. The van der Waals surface area contributed by atoms with Crippen LogP contribution in [0.5, 0.6) is 0 Å². The van der Waals surface area contributed by atoms with Gasteiger partial charge in [0.25, 0.3) is 0 Å². The highest BCUT2D eigenvalue weighted by molar-refractivity contribution is 7.08. The van der Waals surface area contributed by atoms with E-state index < -0.39 is 5.97 Å². The van der Waals surface area contributed by atoms with Crippen molar-refractivity contribution in [1.29, 1.82) is 0 Å². The summed E-state index contributed by atoms with van der Waals surface area (Å²) in [6.07, 6.45) is 0.468. The van der Waals surface area contributed by atoms with Crippen LogP contribution in [-0.2, 0) is 27.3 Å². The van der Waals surface area contributed by atoms with Gasteiger partial charge in [-0.3, -0.25) is 9.59 Å². The summed E-state index contributed by atoms with van der Waals surface area (Å²) in [5, 5.41) is 7.81. The van der Waals surface area contributed by atoms with Crippen molar-refractivity contribution in [2.75, 3.05) is 13.7 Å². The predicted molar refractivity (Wildman–Crippen MR) is 105 cm³/mol. The topological polar surface area (TPSA) is 85.5 Å². The minimum atomic E-state index is -0.459. The molecule has 28 heavy (non-hydrogen) atoms. The molecule has 0 atom stereocenters. The smallest absolute Gasteiger partial charge is 0.325 e. The van der Waals surface area contributed by atoms with Crippen LogP contribution in [0.4, 0.5) is 0 Å². The van der Waals surface area contributed by atoms with E-state index in [1.807, 2.05) is 48.0 Å². The Balaban J connectivity index is 1.65. The molecule has 3 aromatic rings. The number of aryl methyl sites for hydroxylation is 2. The second kappa shape index (κ2) is 9.27. The molecule has 146 valence electrons. The molecule has 0 aliphatic heterocycles. The number of rotatable bonds is 8. The number of hydrogen-bond donors (Lipinski definition) is 0. The molecule has 0 bridgehead atoms. The molecule has 2 aromatic heterocycles. The third-order valence-corrected chi connectivity index (χ3v) is 5.01. The summed E-state index contributed by atoms with van der Waals surface area (Å²) in [6.45, 7) is 2.21. The fraction of sp³-hybridized carbons (Fsp3) is 0.300. The number of hydrogen-bond acceptors (Lipinski definition) is 7. The molecule has 8 heteroatoms. The van der Waals surface area contributed by atoms with Gasteiger partial charge in [-0.1, -0.05) is 29.4 Å². The standard InChI is InChI=1S/C20H21N3O4S/c1-14-5-3-4-6-15(14)11-23(12-19(25)26-2)18(24)8-7-17-21-20(22-27-17)16-9-10-28-13-16/h3-6,9-10,13H,7-8,11-12H2,1-2H3. The Bertz CT molecular complexity index is 937. The highest BCUT2D eigenvalue weighted by atomic mass is 32.1. The Morgan fingerprint density at radius 3 is 2.79 bits per heavy atom. The van der Waals surface area contributed by atoms with Crippen molar-refractivity contribution in [1.82, 2.24) is 15.0 Å². The largest absolute Gasteiger partial charge is 0.468 e. The lowest BCUT2D eigenvalue weighted by molar-refractivity contribution is -0.147. The molecule has 1 aromatic carbocycles. The Labute approximate surface area is 166 Å². The number of methoxy groups -OCH3 is 1. The normalized spacial score (nSPS) is 10.6. The van der Waals surface area contributed by atoms with Gasteiger partial charge in [0.15, 0.2) is 0 Å². The number of carbonyl (C=O) groups excluding carboxylic acids is 2. The lowest BCUT2D eigenvalue weighted by Crippen LogP contribution is -2.36. The van der Waals surface area contributed by atoms with Crippen molar-refractivity contribution in [3.63, 3.8) is 0 Å². The van der Waals surface area contributed by atoms with Crippen LogP contribution in [0.1, 0.15) is 23.4 Å². The maximum atomic E-state index is 12.7. The first-order valence-electron chi connectivity index (χ1n) is 8.81. The van der Waals surface area contributed by atoms with Gasteiger partial charge in [0.2, 0.25) is 17.6 Å². The Morgan fingerprint density at radius 1 is 1.25 bits per heavy atom.